The van der Waals surface area contributed by atoms with Crippen LogP contribution >= 0.6 is 0 Å². The second-order valence-electron chi connectivity index (χ2n) is 6.26. The van der Waals surface area contributed by atoms with Gasteiger partial charge in [0.2, 0.25) is 10.0 Å². The molecule has 0 bridgehead atoms. The van der Waals surface area contributed by atoms with E-state index in [1.54, 1.807) is 4.90 Å². The lowest BCUT2D eigenvalue weighted by atomic mass is 10.2. The molecule has 0 unspecified atom stereocenters. The SMILES string of the molecule is Cc1cc(S(=O)(=O)N2CCCN(C(=O)NC(C)C)CC2)ccc1F. The van der Waals surface area contributed by atoms with E-state index < -0.39 is 15.8 Å². The number of nitrogens with one attached hydrogen (secondary N) is 1. The van der Waals surface area contributed by atoms with Crippen molar-refractivity contribution in [3.05, 3.63) is 29.6 Å². The Morgan fingerprint density at radius 2 is 1.92 bits per heavy atom. The summed E-state index contributed by atoms with van der Waals surface area (Å²) in [5.74, 6) is -0.429. The molecule has 2 rings (SSSR count). The highest BCUT2D eigenvalue weighted by Gasteiger charge is 2.28. The minimum atomic E-state index is -3.69. The van der Waals surface area contributed by atoms with E-state index in [9.17, 15) is 17.6 Å². The minimum Gasteiger partial charge on any atom is -0.336 e. The first-order chi connectivity index (χ1) is 11.2. The van der Waals surface area contributed by atoms with Crippen LogP contribution in [0.2, 0.25) is 0 Å². The van der Waals surface area contributed by atoms with Gasteiger partial charge in [-0.25, -0.2) is 17.6 Å². The molecule has 0 aliphatic carbocycles. The van der Waals surface area contributed by atoms with Crippen molar-refractivity contribution in [2.45, 2.75) is 38.1 Å². The zero-order valence-electron chi connectivity index (χ0n) is 14.3. The van der Waals surface area contributed by atoms with Gasteiger partial charge in [-0.2, -0.15) is 4.31 Å². The standard InChI is InChI=1S/C16H24FN3O3S/c1-12(2)18-16(21)19-7-4-8-20(10-9-19)24(22,23)14-5-6-15(17)13(3)11-14/h5-6,11-12H,4,7-10H2,1-3H3,(H,18,21). The van der Waals surface area contributed by atoms with E-state index in [0.717, 1.165) is 0 Å². The smallest absolute Gasteiger partial charge is 0.317 e. The van der Waals surface area contributed by atoms with E-state index in [2.05, 4.69) is 5.32 Å². The summed E-state index contributed by atoms with van der Waals surface area (Å²) in [6.07, 6.45) is 0.560. The predicted molar refractivity (Wildman–Crippen MR) is 89.8 cm³/mol. The lowest BCUT2D eigenvalue weighted by Gasteiger charge is -2.23. The van der Waals surface area contributed by atoms with Gasteiger partial charge in [0.15, 0.2) is 0 Å². The largest absolute Gasteiger partial charge is 0.336 e. The highest BCUT2D eigenvalue weighted by Crippen LogP contribution is 2.20. The molecular weight excluding hydrogens is 333 g/mol. The van der Waals surface area contributed by atoms with Crippen molar-refractivity contribution in [3.63, 3.8) is 0 Å². The van der Waals surface area contributed by atoms with Crippen molar-refractivity contribution < 1.29 is 17.6 Å². The Morgan fingerprint density at radius 1 is 1.21 bits per heavy atom. The molecule has 8 heteroatoms. The van der Waals surface area contributed by atoms with E-state index in [-0.39, 0.29) is 23.5 Å². The third kappa shape index (κ3) is 4.24. The zero-order chi connectivity index (χ0) is 17.9. The molecule has 1 aliphatic rings. The van der Waals surface area contributed by atoms with Crippen LogP contribution in [0.4, 0.5) is 9.18 Å². The lowest BCUT2D eigenvalue weighted by molar-refractivity contribution is 0.198. The summed E-state index contributed by atoms with van der Waals surface area (Å²) in [5.41, 5.74) is 0.295. The van der Waals surface area contributed by atoms with Crippen LogP contribution in [0.1, 0.15) is 25.8 Å². The van der Waals surface area contributed by atoms with Gasteiger partial charge in [-0.15, -0.1) is 0 Å². The van der Waals surface area contributed by atoms with Gasteiger partial charge in [0.25, 0.3) is 0 Å². The molecule has 134 valence electrons. The number of rotatable bonds is 3. The second-order valence-corrected chi connectivity index (χ2v) is 8.20. The quantitative estimate of drug-likeness (QED) is 0.899. The first-order valence-electron chi connectivity index (χ1n) is 8.03. The molecule has 1 aromatic carbocycles. The summed E-state index contributed by atoms with van der Waals surface area (Å²) in [4.78, 5) is 13.8. The second kappa shape index (κ2) is 7.48. The van der Waals surface area contributed by atoms with Gasteiger partial charge < -0.3 is 10.2 Å². The highest BCUT2D eigenvalue weighted by molar-refractivity contribution is 7.89. The predicted octanol–water partition coefficient (Wildman–Crippen LogP) is 1.95. The van der Waals surface area contributed by atoms with Crippen molar-refractivity contribution in [2.24, 2.45) is 0 Å². The van der Waals surface area contributed by atoms with Crippen LogP contribution < -0.4 is 5.32 Å². The lowest BCUT2D eigenvalue weighted by Crippen LogP contribution is -2.44. The Hall–Kier alpha value is -1.67. The number of hydrogen-bond donors (Lipinski definition) is 1. The molecule has 1 saturated heterocycles. The molecule has 0 spiro atoms. The topological polar surface area (TPSA) is 69.7 Å². The van der Waals surface area contributed by atoms with Gasteiger partial charge in [0.1, 0.15) is 5.82 Å². The zero-order valence-corrected chi connectivity index (χ0v) is 15.1. The normalized spacial score (nSPS) is 17.0. The van der Waals surface area contributed by atoms with Crippen molar-refractivity contribution in [1.29, 1.82) is 0 Å². The molecule has 1 N–H and O–H groups in total. The number of benzene rings is 1. The van der Waals surface area contributed by atoms with Crippen molar-refractivity contribution in [1.82, 2.24) is 14.5 Å². The first-order valence-corrected chi connectivity index (χ1v) is 9.47. The number of nitrogens with zero attached hydrogens (tertiary/aromatic N) is 2. The van der Waals surface area contributed by atoms with E-state index in [1.807, 2.05) is 13.8 Å². The summed E-state index contributed by atoms with van der Waals surface area (Å²) in [6.45, 7) is 6.70. The molecule has 0 aromatic heterocycles. The van der Waals surface area contributed by atoms with E-state index >= 15 is 0 Å². The van der Waals surface area contributed by atoms with Crippen molar-refractivity contribution in [3.8, 4) is 0 Å². The summed E-state index contributed by atoms with van der Waals surface area (Å²) in [6, 6.07) is 3.65. The minimum absolute atomic E-state index is 0.0304. The molecule has 1 heterocycles. The van der Waals surface area contributed by atoms with Crippen LogP contribution in [0.5, 0.6) is 0 Å². The van der Waals surface area contributed by atoms with Gasteiger partial charge >= 0.3 is 6.03 Å². The molecule has 6 nitrogen and oxygen atoms in total. The third-order valence-electron chi connectivity index (χ3n) is 3.92. The number of carbonyl (C=O) groups excluding carboxylic acids is 1. The van der Waals surface area contributed by atoms with Crippen LogP contribution in [-0.4, -0.2) is 55.9 Å². The molecule has 24 heavy (non-hydrogen) atoms. The van der Waals surface area contributed by atoms with E-state index in [0.29, 0.717) is 31.6 Å². The molecule has 0 atom stereocenters. The van der Waals surface area contributed by atoms with E-state index in [1.165, 1.54) is 29.4 Å². The number of carbonyl (C=O) groups is 1. The van der Waals surface area contributed by atoms with Crippen LogP contribution in [0.15, 0.2) is 23.1 Å². The maximum absolute atomic E-state index is 13.4. The molecule has 2 amide bonds. The summed E-state index contributed by atoms with van der Waals surface area (Å²) in [7, 11) is -3.69. The van der Waals surface area contributed by atoms with Gasteiger partial charge in [-0.1, -0.05) is 0 Å². The number of sulfonamides is 1. The molecular formula is C16H24FN3O3S. The number of halogens is 1. The van der Waals surface area contributed by atoms with Crippen LogP contribution in [0.3, 0.4) is 0 Å². The monoisotopic (exact) mass is 357 g/mol. The van der Waals surface area contributed by atoms with Crippen LogP contribution in [0, 0.1) is 12.7 Å². The Kier molecular flexibility index (Phi) is 5.82. The fraction of sp³-hybridized carbons (Fsp3) is 0.562. The molecule has 1 fully saturated rings. The van der Waals surface area contributed by atoms with Crippen LogP contribution in [0.25, 0.3) is 0 Å². The average molecular weight is 357 g/mol. The van der Waals surface area contributed by atoms with E-state index in [4.69, 9.17) is 0 Å². The Labute approximate surface area is 142 Å². The first kappa shape index (κ1) is 18.7. The highest BCUT2D eigenvalue weighted by atomic mass is 32.2. The summed E-state index contributed by atoms with van der Waals surface area (Å²) < 4.78 is 40.2. The fourth-order valence-corrected chi connectivity index (χ4v) is 4.16. The Balaban J connectivity index is 2.12. The third-order valence-corrected chi connectivity index (χ3v) is 5.82. The van der Waals surface area contributed by atoms with Crippen molar-refractivity contribution in [2.75, 3.05) is 26.2 Å². The van der Waals surface area contributed by atoms with Crippen LogP contribution in [-0.2, 0) is 10.0 Å². The maximum Gasteiger partial charge on any atom is 0.317 e. The number of hydrogen-bond acceptors (Lipinski definition) is 3. The van der Waals surface area contributed by atoms with Gasteiger partial charge in [0, 0.05) is 32.2 Å². The molecule has 1 aliphatic heterocycles. The number of amides is 2. The molecule has 0 saturated carbocycles. The number of aryl methyl sites for hydroxylation is 1. The maximum atomic E-state index is 13.4. The number of urea groups is 1. The van der Waals surface area contributed by atoms with Gasteiger partial charge in [-0.3, -0.25) is 0 Å². The molecule has 1 aromatic rings. The summed E-state index contributed by atoms with van der Waals surface area (Å²) >= 11 is 0. The Morgan fingerprint density at radius 3 is 2.54 bits per heavy atom. The van der Waals surface area contributed by atoms with Gasteiger partial charge in [-0.05, 0) is 51.0 Å². The van der Waals surface area contributed by atoms with Crippen molar-refractivity contribution >= 4 is 16.1 Å². The molecule has 0 radical (unpaired) electrons. The average Bonchev–Trinajstić information content (AvgIpc) is 2.75. The summed E-state index contributed by atoms with van der Waals surface area (Å²) in [5, 5.41) is 2.82. The van der Waals surface area contributed by atoms with Gasteiger partial charge in [0.05, 0.1) is 4.90 Å². The Bertz CT molecular complexity index is 707. The fourth-order valence-electron chi connectivity index (χ4n) is 2.60.